The van der Waals surface area contributed by atoms with Crippen molar-refractivity contribution in [2.45, 2.75) is 64.4 Å². The number of nitrogens with zero attached hydrogens (tertiary/aromatic N) is 1. The molecule has 0 amide bonds. The first-order valence-corrected chi connectivity index (χ1v) is 12.5. The van der Waals surface area contributed by atoms with Gasteiger partial charge in [0.2, 0.25) is 0 Å². The van der Waals surface area contributed by atoms with Gasteiger partial charge in [-0.2, -0.15) is 0 Å². The quantitative estimate of drug-likeness (QED) is 0.449. The van der Waals surface area contributed by atoms with Crippen molar-refractivity contribution >= 4 is 20.9 Å². The van der Waals surface area contributed by atoms with E-state index in [2.05, 4.69) is 18.8 Å². The lowest BCUT2D eigenvalue weighted by Crippen LogP contribution is -2.31. The Morgan fingerprint density at radius 3 is 2.55 bits per heavy atom. The minimum atomic E-state index is -3.38. The van der Waals surface area contributed by atoms with Gasteiger partial charge in [-0.25, -0.2) is 18.1 Å². The van der Waals surface area contributed by atoms with E-state index in [4.69, 9.17) is 4.74 Å². The summed E-state index contributed by atoms with van der Waals surface area (Å²) in [5.74, 6) is 0.684. The zero-order valence-corrected chi connectivity index (χ0v) is 19.4. The largest absolute Gasteiger partial charge is 0.710 e. The Morgan fingerprint density at radius 1 is 1.16 bits per heavy atom. The number of pyridine rings is 1. The lowest BCUT2D eigenvalue weighted by atomic mass is 9.76. The fourth-order valence-corrected chi connectivity index (χ4v) is 5.25. The van der Waals surface area contributed by atoms with Crippen LogP contribution in [0.15, 0.2) is 41.4 Å². The number of nitrogens with one attached hydrogen (secondary N) is 1. The van der Waals surface area contributed by atoms with Crippen LogP contribution < -0.4 is 9.47 Å². The van der Waals surface area contributed by atoms with Gasteiger partial charge in [0.15, 0.2) is 9.84 Å². The lowest BCUT2D eigenvalue weighted by Gasteiger charge is -2.34. The Balaban J connectivity index is 1.84. The molecule has 0 aliphatic heterocycles. The number of aromatic amines is 1. The number of hydrogen-bond donors (Lipinski definition) is 1. The Kier molecular flexibility index (Phi) is 5.50. The normalized spacial score (nSPS) is 17.2. The molecule has 1 aliphatic carbocycles. The van der Waals surface area contributed by atoms with Crippen LogP contribution in [0.1, 0.15) is 52.1 Å². The SMILES string of the molecule is CCS(=O)(=O)c1ccc(OC2CCC(C)(C)CC2)c(-c2cc(C)[n+]([O-])c3[nH]ccc23)c1. The summed E-state index contributed by atoms with van der Waals surface area (Å²) >= 11 is 0. The van der Waals surface area contributed by atoms with E-state index in [1.165, 1.54) is 0 Å². The molecule has 3 aromatic rings. The van der Waals surface area contributed by atoms with Gasteiger partial charge in [0.1, 0.15) is 11.4 Å². The number of H-pyrrole nitrogens is 1. The predicted octanol–water partition coefficient (Wildman–Crippen LogP) is 4.92. The minimum absolute atomic E-state index is 0.0261. The van der Waals surface area contributed by atoms with E-state index in [1.54, 1.807) is 44.3 Å². The smallest absolute Gasteiger partial charge is 0.290 e. The van der Waals surface area contributed by atoms with Gasteiger partial charge in [-0.05, 0) is 68.4 Å². The highest BCUT2D eigenvalue weighted by Crippen LogP contribution is 2.40. The minimum Gasteiger partial charge on any atom is -0.710 e. The van der Waals surface area contributed by atoms with E-state index < -0.39 is 9.84 Å². The van der Waals surface area contributed by atoms with Crippen LogP contribution in [0.25, 0.3) is 22.2 Å². The van der Waals surface area contributed by atoms with Gasteiger partial charge in [-0.1, -0.05) is 20.8 Å². The molecule has 0 unspecified atom stereocenters. The third-order valence-corrected chi connectivity index (χ3v) is 8.18. The molecule has 31 heavy (non-hydrogen) atoms. The third-order valence-electron chi connectivity index (χ3n) is 6.45. The Morgan fingerprint density at radius 2 is 1.87 bits per heavy atom. The van der Waals surface area contributed by atoms with E-state index in [0.717, 1.165) is 41.4 Å². The van der Waals surface area contributed by atoms with Crippen molar-refractivity contribution < 1.29 is 17.9 Å². The van der Waals surface area contributed by atoms with Gasteiger partial charge in [0, 0.05) is 11.1 Å². The Labute approximate surface area is 183 Å². The molecule has 1 aliphatic rings. The zero-order chi connectivity index (χ0) is 22.4. The lowest BCUT2D eigenvalue weighted by molar-refractivity contribution is -0.586. The third kappa shape index (κ3) is 4.15. The van der Waals surface area contributed by atoms with Crippen molar-refractivity contribution in [1.29, 1.82) is 0 Å². The number of fused-ring (bicyclic) bond motifs is 1. The van der Waals surface area contributed by atoms with Crippen molar-refractivity contribution in [2.24, 2.45) is 5.41 Å². The van der Waals surface area contributed by atoms with Crippen LogP contribution in [0.3, 0.4) is 0 Å². The molecular weight excluding hydrogens is 412 g/mol. The van der Waals surface area contributed by atoms with Crippen molar-refractivity contribution in [1.82, 2.24) is 4.98 Å². The molecule has 0 spiro atoms. The summed E-state index contributed by atoms with van der Waals surface area (Å²) in [6, 6.07) is 8.73. The van der Waals surface area contributed by atoms with Crippen LogP contribution in [0, 0.1) is 17.5 Å². The van der Waals surface area contributed by atoms with Crippen LogP contribution in [-0.4, -0.2) is 25.3 Å². The highest BCUT2D eigenvalue weighted by atomic mass is 32.2. The molecule has 7 heteroatoms. The standard InChI is InChI=1S/C24H30N2O4S/c1-5-31(28,29)18-6-7-22(30-17-8-11-24(3,4)12-9-17)21(15-18)20-14-16(2)26(27)23-19(20)10-13-25-23/h6-7,10,13-15,17,25H,5,8-9,11-12H2,1-4H3. The number of aromatic nitrogens is 2. The highest BCUT2D eigenvalue weighted by molar-refractivity contribution is 7.91. The number of rotatable bonds is 5. The molecule has 6 nitrogen and oxygen atoms in total. The Hall–Kier alpha value is -2.54. The maximum absolute atomic E-state index is 12.6. The maximum atomic E-state index is 12.6. The van der Waals surface area contributed by atoms with Gasteiger partial charge >= 0.3 is 0 Å². The first kappa shape index (κ1) is 21.7. The summed E-state index contributed by atoms with van der Waals surface area (Å²) in [6.45, 7) is 7.95. The Bertz CT molecular complexity index is 1220. The van der Waals surface area contributed by atoms with Crippen LogP contribution in [0.2, 0.25) is 0 Å². The average molecular weight is 443 g/mol. The van der Waals surface area contributed by atoms with Crippen molar-refractivity contribution in [3.8, 4) is 16.9 Å². The number of benzene rings is 1. The van der Waals surface area contributed by atoms with Crippen molar-refractivity contribution in [2.75, 3.05) is 5.75 Å². The molecule has 0 bridgehead atoms. The molecular formula is C24H30N2O4S. The van der Waals surface area contributed by atoms with E-state index in [-0.39, 0.29) is 16.8 Å². The summed E-state index contributed by atoms with van der Waals surface area (Å²) in [5.41, 5.74) is 2.80. The second-order valence-electron chi connectivity index (χ2n) is 9.28. The molecule has 0 saturated heterocycles. The number of aryl methyl sites for hydroxylation is 1. The average Bonchev–Trinajstić information content (AvgIpc) is 3.23. The molecule has 4 rings (SSSR count). The van der Waals surface area contributed by atoms with E-state index in [0.29, 0.717) is 28.1 Å². The van der Waals surface area contributed by atoms with Gasteiger partial charge in [0.25, 0.3) is 5.65 Å². The van der Waals surface area contributed by atoms with Gasteiger partial charge in [-0.15, -0.1) is 0 Å². The highest BCUT2D eigenvalue weighted by Gasteiger charge is 2.29. The van der Waals surface area contributed by atoms with Gasteiger partial charge in [-0.3, -0.25) is 0 Å². The zero-order valence-electron chi connectivity index (χ0n) is 18.6. The second-order valence-corrected chi connectivity index (χ2v) is 11.6. The van der Waals surface area contributed by atoms with Crippen LogP contribution in [0.5, 0.6) is 5.75 Å². The maximum Gasteiger partial charge on any atom is 0.290 e. The summed E-state index contributed by atoms with van der Waals surface area (Å²) in [7, 11) is -3.38. The summed E-state index contributed by atoms with van der Waals surface area (Å²) in [4.78, 5) is 3.26. The molecule has 2 heterocycles. The predicted molar refractivity (Wildman–Crippen MR) is 122 cm³/mol. The summed E-state index contributed by atoms with van der Waals surface area (Å²) in [5, 5.41) is 13.2. The molecule has 1 aromatic carbocycles. The topological polar surface area (TPSA) is 86.1 Å². The van der Waals surface area contributed by atoms with Crippen molar-refractivity contribution in [3.63, 3.8) is 0 Å². The summed E-state index contributed by atoms with van der Waals surface area (Å²) in [6.07, 6.45) is 5.94. The van der Waals surface area contributed by atoms with E-state index in [1.807, 2.05) is 6.07 Å². The molecule has 166 valence electrons. The first-order valence-electron chi connectivity index (χ1n) is 10.9. The monoisotopic (exact) mass is 442 g/mol. The van der Waals surface area contributed by atoms with Gasteiger partial charge < -0.3 is 9.94 Å². The van der Waals surface area contributed by atoms with Crippen LogP contribution >= 0.6 is 0 Å². The van der Waals surface area contributed by atoms with Crippen LogP contribution in [-0.2, 0) is 9.84 Å². The molecule has 0 atom stereocenters. The second kappa shape index (κ2) is 7.86. The van der Waals surface area contributed by atoms with Gasteiger partial charge in [0.05, 0.1) is 28.3 Å². The molecule has 1 fully saturated rings. The number of hydrogen-bond acceptors (Lipinski definition) is 4. The van der Waals surface area contributed by atoms with E-state index >= 15 is 0 Å². The molecule has 1 saturated carbocycles. The van der Waals surface area contributed by atoms with E-state index in [9.17, 15) is 13.6 Å². The molecule has 0 radical (unpaired) electrons. The number of sulfone groups is 1. The molecule has 2 aromatic heterocycles. The first-order chi connectivity index (χ1) is 14.6. The molecule has 1 N–H and O–H groups in total. The van der Waals surface area contributed by atoms with Crippen molar-refractivity contribution in [3.05, 3.63) is 47.4 Å². The fraction of sp³-hybridized carbons (Fsp3) is 0.458. The van der Waals surface area contributed by atoms with Crippen LogP contribution in [0.4, 0.5) is 0 Å². The fourth-order valence-electron chi connectivity index (χ4n) is 4.34. The number of ether oxygens (including phenoxy) is 1. The summed E-state index contributed by atoms with van der Waals surface area (Å²) < 4.78 is 32.5.